The largest absolute Gasteiger partial charge is 0.327 e. The van der Waals surface area contributed by atoms with Crippen molar-refractivity contribution in [3.8, 4) is 0 Å². The van der Waals surface area contributed by atoms with Crippen LogP contribution in [0.25, 0.3) is 11.0 Å². The van der Waals surface area contributed by atoms with Crippen molar-refractivity contribution in [1.29, 1.82) is 0 Å². The van der Waals surface area contributed by atoms with Gasteiger partial charge in [-0.15, -0.1) is 11.6 Å². The molecule has 0 bridgehead atoms. The zero-order valence-electron chi connectivity index (χ0n) is 12.2. The van der Waals surface area contributed by atoms with Gasteiger partial charge in [-0.2, -0.15) is 0 Å². The summed E-state index contributed by atoms with van der Waals surface area (Å²) in [5, 5.41) is 0.763. The van der Waals surface area contributed by atoms with Gasteiger partial charge in [0.05, 0.1) is 11.0 Å². The Hall–Kier alpha value is -0.770. The summed E-state index contributed by atoms with van der Waals surface area (Å²) in [6.45, 7) is 4.48. The summed E-state index contributed by atoms with van der Waals surface area (Å²) in [6, 6.07) is 5.90. The van der Waals surface area contributed by atoms with E-state index in [-0.39, 0.29) is 0 Å². The average Bonchev–Trinajstić information content (AvgIpc) is 2.83. The van der Waals surface area contributed by atoms with E-state index in [4.69, 9.17) is 28.2 Å². The summed E-state index contributed by atoms with van der Waals surface area (Å²) in [6.07, 6.45) is 4.82. The molecule has 0 radical (unpaired) electrons. The third-order valence-corrected chi connectivity index (χ3v) is 4.62. The number of halogens is 2. The first-order chi connectivity index (χ1) is 10.3. The Balaban J connectivity index is 1.83. The van der Waals surface area contributed by atoms with E-state index in [1.807, 2.05) is 18.2 Å². The summed E-state index contributed by atoms with van der Waals surface area (Å²) in [5.41, 5.74) is 2.14. The number of aromatic nitrogens is 2. The number of likely N-dealkylation sites (tertiary alicyclic amines) is 1. The van der Waals surface area contributed by atoms with Crippen molar-refractivity contribution in [1.82, 2.24) is 14.5 Å². The Bertz CT molecular complexity index is 603. The number of benzene rings is 1. The van der Waals surface area contributed by atoms with Crippen molar-refractivity contribution in [3.05, 3.63) is 29.0 Å². The third kappa shape index (κ3) is 3.53. The molecule has 2 heterocycles. The van der Waals surface area contributed by atoms with Crippen LogP contribution >= 0.6 is 23.2 Å². The molecule has 0 spiro atoms. The number of hydrogen-bond acceptors (Lipinski definition) is 2. The molecule has 0 saturated carbocycles. The van der Waals surface area contributed by atoms with E-state index in [1.54, 1.807) is 0 Å². The molecule has 0 N–H and O–H groups in total. The molecule has 0 atom stereocenters. The quantitative estimate of drug-likeness (QED) is 0.776. The molecule has 0 aliphatic carbocycles. The first-order valence-electron chi connectivity index (χ1n) is 7.71. The van der Waals surface area contributed by atoms with Gasteiger partial charge in [0, 0.05) is 30.4 Å². The van der Waals surface area contributed by atoms with Crippen molar-refractivity contribution in [2.45, 2.75) is 32.2 Å². The lowest BCUT2D eigenvalue weighted by atomic mass is 10.1. The number of aryl methyl sites for hydroxylation is 1. The minimum atomic E-state index is 0.598. The molecule has 3 nitrogen and oxygen atoms in total. The molecule has 3 rings (SSSR count). The van der Waals surface area contributed by atoms with Crippen molar-refractivity contribution in [3.63, 3.8) is 0 Å². The monoisotopic (exact) mass is 325 g/mol. The average molecular weight is 326 g/mol. The Kier molecular flexibility index (Phi) is 5.04. The molecule has 114 valence electrons. The van der Waals surface area contributed by atoms with Gasteiger partial charge in [-0.1, -0.05) is 18.0 Å². The normalized spacial score (nSPS) is 16.7. The van der Waals surface area contributed by atoms with Crippen molar-refractivity contribution < 1.29 is 0 Å². The molecule has 2 aromatic rings. The maximum absolute atomic E-state index is 6.15. The molecule has 1 aliphatic heterocycles. The zero-order chi connectivity index (χ0) is 14.7. The van der Waals surface area contributed by atoms with E-state index in [9.17, 15) is 0 Å². The van der Waals surface area contributed by atoms with Crippen LogP contribution in [0.5, 0.6) is 0 Å². The van der Waals surface area contributed by atoms with Gasteiger partial charge in [-0.05, 0) is 44.1 Å². The summed E-state index contributed by atoms with van der Waals surface area (Å²) in [7, 11) is 0. The Morgan fingerprint density at radius 2 is 1.90 bits per heavy atom. The van der Waals surface area contributed by atoms with E-state index in [0.717, 1.165) is 41.4 Å². The highest BCUT2D eigenvalue weighted by atomic mass is 35.5. The number of piperidine rings is 1. The van der Waals surface area contributed by atoms with Crippen LogP contribution < -0.4 is 0 Å². The molecule has 1 fully saturated rings. The van der Waals surface area contributed by atoms with E-state index in [2.05, 4.69) is 9.47 Å². The van der Waals surface area contributed by atoms with Gasteiger partial charge < -0.3 is 9.47 Å². The fourth-order valence-electron chi connectivity index (χ4n) is 3.10. The van der Waals surface area contributed by atoms with Crippen LogP contribution in [-0.2, 0) is 13.0 Å². The van der Waals surface area contributed by atoms with Crippen molar-refractivity contribution in [2.24, 2.45) is 0 Å². The number of alkyl halides is 1. The number of rotatable bonds is 5. The smallest absolute Gasteiger partial charge is 0.111 e. The van der Waals surface area contributed by atoms with Gasteiger partial charge >= 0.3 is 0 Å². The SMILES string of the molecule is ClCCc1nc2ccc(Cl)cc2n1CCN1CCCCC1. The lowest BCUT2D eigenvalue weighted by Crippen LogP contribution is -2.32. The second kappa shape index (κ2) is 6.99. The summed E-state index contributed by atoms with van der Waals surface area (Å²) in [5.74, 6) is 1.67. The van der Waals surface area contributed by atoms with Gasteiger partial charge in [0.15, 0.2) is 0 Å². The third-order valence-electron chi connectivity index (χ3n) is 4.20. The van der Waals surface area contributed by atoms with E-state index < -0.39 is 0 Å². The van der Waals surface area contributed by atoms with Crippen LogP contribution in [-0.4, -0.2) is 40.0 Å². The van der Waals surface area contributed by atoms with Gasteiger partial charge in [-0.25, -0.2) is 4.98 Å². The summed E-state index contributed by atoms with van der Waals surface area (Å²) < 4.78 is 2.29. The van der Waals surface area contributed by atoms with Crippen LogP contribution in [0.2, 0.25) is 5.02 Å². The fraction of sp³-hybridized carbons (Fsp3) is 0.562. The van der Waals surface area contributed by atoms with Crippen LogP contribution in [0.4, 0.5) is 0 Å². The van der Waals surface area contributed by atoms with Crippen molar-refractivity contribution in [2.75, 3.05) is 25.5 Å². The summed E-state index contributed by atoms with van der Waals surface area (Å²) >= 11 is 12.1. The minimum absolute atomic E-state index is 0.598. The van der Waals surface area contributed by atoms with Gasteiger partial charge in [-0.3, -0.25) is 0 Å². The second-order valence-corrected chi connectivity index (χ2v) is 6.47. The first-order valence-corrected chi connectivity index (χ1v) is 8.62. The Morgan fingerprint density at radius 1 is 1.10 bits per heavy atom. The molecule has 5 heteroatoms. The summed E-state index contributed by atoms with van der Waals surface area (Å²) in [4.78, 5) is 7.25. The maximum Gasteiger partial charge on any atom is 0.111 e. The van der Waals surface area contributed by atoms with Crippen LogP contribution in [0.3, 0.4) is 0 Å². The second-order valence-electron chi connectivity index (χ2n) is 5.65. The number of fused-ring (bicyclic) bond motifs is 1. The molecule has 21 heavy (non-hydrogen) atoms. The van der Waals surface area contributed by atoms with Crippen LogP contribution in [0.1, 0.15) is 25.1 Å². The lowest BCUT2D eigenvalue weighted by Gasteiger charge is -2.26. The highest BCUT2D eigenvalue weighted by Gasteiger charge is 2.14. The molecule has 1 saturated heterocycles. The molecule has 1 aromatic heterocycles. The Morgan fingerprint density at radius 3 is 2.67 bits per heavy atom. The molecular weight excluding hydrogens is 305 g/mol. The highest BCUT2D eigenvalue weighted by molar-refractivity contribution is 6.31. The molecule has 1 aliphatic rings. The number of nitrogens with zero attached hydrogens (tertiary/aromatic N) is 3. The predicted molar refractivity (Wildman–Crippen MR) is 89.5 cm³/mol. The zero-order valence-corrected chi connectivity index (χ0v) is 13.7. The van der Waals surface area contributed by atoms with Gasteiger partial charge in [0.1, 0.15) is 5.82 Å². The van der Waals surface area contributed by atoms with Crippen molar-refractivity contribution >= 4 is 34.2 Å². The maximum atomic E-state index is 6.15. The number of imidazole rings is 1. The number of hydrogen-bond donors (Lipinski definition) is 0. The van der Waals surface area contributed by atoms with E-state index in [0.29, 0.717) is 5.88 Å². The standard InChI is InChI=1S/C16H21Cl2N3/c17-7-6-16-19-14-5-4-13(18)12-15(14)21(16)11-10-20-8-2-1-3-9-20/h4-5,12H,1-3,6-11H2. The fourth-order valence-corrected chi connectivity index (χ4v) is 3.43. The van der Waals surface area contributed by atoms with E-state index in [1.165, 1.54) is 32.4 Å². The van der Waals surface area contributed by atoms with E-state index >= 15 is 0 Å². The molecular formula is C16H21Cl2N3. The predicted octanol–water partition coefficient (Wildman–Crippen LogP) is 3.96. The molecule has 0 amide bonds. The minimum Gasteiger partial charge on any atom is -0.327 e. The van der Waals surface area contributed by atoms with Gasteiger partial charge in [0.2, 0.25) is 0 Å². The molecule has 0 unspecified atom stereocenters. The first kappa shape index (κ1) is 15.1. The Labute approximate surface area is 135 Å². The molecule has 1 aromatic carbocycles. The highest BCUT2D eigenvalue weighted by Crippen LogP contribution is 2.21. The topological polar surface area (TPSA) is 21.1 Å². The van der Waals surface area contributed by atoms with Crippen LogP contribution in [0.15, 0.2) is 18.2 Å². The van der Waals surface area contributed by atoms with Crippen LogP contribution in [0, 0.1) is 0 Å². The lowest BCUT2D eigenvalue weighted by molar-refractivity contribution is 0.221. The van der Waals surface area contributed by atoms with Gasteiger partial charge in [0.25, 0.3) is 0 Å².